The van der Waals surface area contributed by atoms with Crippen LogP contribution in [0.3, 0.4) is 0 Å². The fourth-order valence-electron chi connectivity index (χ4n) is 1.92. The van der Waals surface area contributed by atoms with Crippen LogP contribution in [0, 0.1) is 5.92 Å². The van der Waals surface area contributed by atoms with Gasteiger partial charge in [-0.15, -0.1) is 0 Å². The van der Waals surface area contributed by atoms with Crippen molar-refractivity contribution in [3.63, 3.8) is 0 Å². The molecule has 1 aliphatic rings. The zero-order chi connectivity index (χ0) is 8.81. The maximum atomic E-state index is 5.50. The fourth-order valence-corrected chi connectivity index (χ4v) is 1.92. The van der Waals surface area contributed by atoms with E-state index in [2.05, 4.69) is 12.2 Å². The van der Waals surface area contributed by atoms with Gasteiger partial charge >= 0.3 is 0 Å². The van der Waals surface area contributed by atoms with E-state index in [0.29, 0.717) is 6.04 Å². The molecule has 72 valence electrons. The fraction of sp³-hybridized carbons (Fsp3) is 1.00. The van der Waals surface area contributed by atoms with Crippen LogP contribution in [-0.2, 0) is 0 Å². The molecule has 2 nitrogen and oxygen atoms in total. The van der Waals surface area contributed by atoms with Crippen molar-refractivity contribution in [1.82, 2.24) is 5.32 Å². The predicted molar refractivity (Wildman–Crippen MR) is 53.1 cm³/mol. The average molecular weight is 170 g/mol. The molecular weight excluding hydrogens is 148 g/mol. The Labute approximate surface area is 75.9 Å². The van der Waals surface area contributed by atoms with E-state index >= 15 is 0 Å². The molecule has 0 aromatic carbocycles. The Kier molecular flexibility index (Phi) is 4.62. The quantitative estimate of drug-likeness (QED) is 0.656. The lowest BCUT2D eigenvalue weighted by molar-refractivity contribution is 0.452. The lowest BCUT2D eigenvalue weighted by Gasteiger charge is -2.13. The van der Waals surface area contributed by atoms with E-state index in [9.17, 15) is 0 Å². The van der Waals surface area contributed by atoms with E-state index in [4.69, 9.17) is 5.73 Å². The summed E-state index contributed by atoms with van der Waals surface area (Å²) in [5.41, 5.74) is 5.50. The van der Waals surface area contributed by atoms with Gasteiger partial charge in [-0.2, -0.15) is 0 Å². The summed E-state index contributed by atoms with van der Waals surface area (Å²) >= 11 is 0. The number of hydrogen-bond acceptors (Lipinski definition) is 2. The second-order valence-corrected chi connectivity index (χ2v) is 4.03. The molecule has 0 aromatic heterocycles. The maximum absolute atomic E-state index is 5.50. The molecule has 0 aliphatic heterocycles. The molecule has 1 atom stereocenters. The van der Waals surface area contributed by atoms with Gasteiger partial charge < -0.3 is 11.1 Å². The van der Waals surface area contributed by atoms with Crippen LogP contribution in [0.1, 0.15) is 39.0 Å². The summed E-state index contributed by atoms with van der Waals surface area (Å²) in [4.78, 5) is 0. The molecule has 0 amide bonds. The first-order valence-corrected chi connectivity index (χ1v) is 5.26. The summed E-state index contributed by atoms with van der Waals surface area (Å²) in [6.45, 7) is 4.06. The minimum Gasteiger partial charge on any atom is -0.329 e. The summed E-state index contributed by atoms with van der Waals surface area (Å²) < 4.78 is 0. The molecule has 2 heteroatoms. The lowest BCUT2D eigenvalue weighted by atomic mass is 10.0. The first kappa shape index (κ1) is 10.0. The molecule has 1 saturated carbocycles. The lowest BCUT2D eigenvalue weighted by Crippen LogP contribution is -2.34. The van der Waals surface area contributed by atoms with E-state index < -0.39 is 0 Å². The normalized spacial score (nSPS) is 21.5. The minimum atomic E-state index is 0.492. The SMILES string of the molecule is CC(CN)NCCC1CCCC1. The van der Waals surface area contributed by atoms with Gasteiger partial charge in [-0.1, -0.05) is 25.7 Å². The highest BCUT2D eigenvalue weighted by molar-refractivity contribution is 4.69. The Hall–Kier alpha value is -0.0800. The van der Waals surface area contributed by atoms with Crippen molar-refractivity contribution >= 4 is 0 Å². The maximum Gasteiger partial charge on any atom is 0.0161 e. The largest absolute Gasteiger partial charge is 0.329 e. The van der Waals surface area contributed by atoms with Gasteiger partial charge in [0.1, 0.15) is 0 Å². The Balaban J connectivity index is 1.94. The molecule has 1 unspecified atom stereocenters. The van der Waals surface area contributed by atoms with Crippen LogP contribution in [0.15, 0.2) is 0 Å². The van der Waals surface area contributed by atoms with Gasteiger partial charge in [-0.3, -0.25) is 0 Å². The molecule has 0 saturated heterocycles. The molecule has 0 heterocycles. The van der Waals surface area contributed by atoms with Crippen molar-refractivity contribution in [2.24, 2.45) is 11.7 Å². The Morgan fingerprint density at radius 3 is 2.67 bits per heavy atom. The van der Waals surface area contributed by atoms with Gasteiger partial charge in [-0.25, -0.2) is 0 Å². The highest BCUT2D eigenvalue weighted by Gasteiger charge is 2.14. The van der Waals surface area contributed by atoms with Gasteiger partial charge in [0.2, 0.25) is 0 Å². The zero-order valence-corrected chi connectivity index (χ0v) is 8.18. The third-order valence-corrected chi connectivity index (χ3v) is 2.87. The molecular formula is C10H22N2. The summed E-state index contributed by atoms with van der Waals surface area (Å²) in [5, 5.41) is 3.43. The zero-order valence-electron chi connectivity index (χ0n) is 8.18. The minimum absolute atomic E-state index is 0.492. The van der Waals surface area contributed by atoms with E-state index in [0.717, 1.165) is 19.0 Å². The second-order valence-electron chi connectivity index (χ2n) is 4.03. The van der Waals surface area contributed by atoms with E-state index in [-0.39, 0.29) is 0 Å². The van der Waals surface area contributed by atoms with Crippen LogP contribution in [0.4, 0.5) is 0 Å². The van der Waals surface area contributed by atoms with Crippen molar-refractivity contribution in [2.45, 2.75) is 45.1 Å². The summed E-state index contributed by atoms with van der Waals surface area (Å²) in [5.74, 6) is 1.00. The first-order valence-electron chi connectivity index (χ1n) is 5.26. The van der Waals surface area contributed by atoms with Crippen LogP contribution >= 0.6 is 0 Å². The van der Waals surface area contributed by atoms with Crippen molar-refractivity contribution < 1.29 is 0 Å². The second kappa shape index (κ2) is 5.55. The monoisotopic (exact) mass is 170 g/mol. The average Bonchev–Trinajstić information content (AvgIpc) is 2.57. The standard InChI is InChI=1S/C10H22N2/c1-9(8-11)12-7-6-10-4-2-3-5-10/h9-10,12H,2-8,11H2,1H3. The number of nitrogens with two attached hydrogens (primary N) is 1. The van der Waals surface area contributed by atoms with Crippen LogP contribution in [0.2, 0.25) is 0 Å². The Morgan fingerprint density at radius 2 is 2.08 bits per heavy atom. The molecule has 3 N–H and O–H groups in total. The summed E-state index contributed by atoms with van der Waals surface area (Å²) in [7, 11) is 0. The van der Waals surface area contributed by atoms with Gasteiger partial charge in [0.05, 0.1) is 0 Å². The highest BCUT2D eigenvalue weighted by Crippen LogP contribution is 2.26. The van der Waals surface area contributed by atoms with Gasteiger partial charge in [0.25, 0.3) is 0 Å². The third-order valence-electron chi connectivity index (χ3n) is 2.87. The van der Waals surface area contributed by atoms with E-state index in [1.54, 1.807) is 0 Å². The molecule has 0 aromatic rings. The molecule has 1 rings (SSSR count). The third kappa shape index (κ3) is 3.55. The summed E-state index contributed by atoms with van der Waals surface area (Å²) in [6.07, 6.45) is 7.18. The van der Waals surface area contributed by atoms with E-state index in [1.807, 2.05) is 0 Å². The molecule has 1 fully saturated rings. The van der Waals surface area contributed by atoms with Crippen molar-refractivity contribution in [3.8, 4) is 0 Å². The Morgan fingerprint density at radius 1 is 1.42 bits per heavy atom. The molecule has 0 bridgehead atoms. The van der Waals surface area contributed by atoms with Crippen molar-refractivity contribution in [3.05, 3.63) is 0 Å². The van der Waals surface area contributed by atoms with Crippen LogP contribution in [-0.4, -0.2) is 19.1 Å². The number of rotatable bonds is 5. The van der Waals surface area contributed by atoms with Crippen molar-refractivity contribution in [1.29, 1.82) is 0 Å². The van der Waals surface area contributed by atoms with E-state index in [1.165, 1.54) is 32.1 Å². The Bertz CT molecular complexity index is 108. The first-order chi connectivity index (χ1) is 5.83. The summed E-state index contributed by atoms with van der Waals surface area (Å²) in [6, 6.07) is 0.492. The van der Waals surface area contributed by atoms with Gasteiger partial charge in [0.15, 0.2) is 0 Å². The number of hydrogen-bond donors (Lipinski definition) is 2. The topological polar surface area (TPSA) is 38.0 Å². The van der Waals surface area contributed by atoms with Crippen molar-refractivity contribution in [2.75, 3.05) is 13.1 Å². The van der Waals surface area contributed by atoms with Crippen LogP contribution in [0.25, 0.3) is 0 Å². The number of nitrogens with one attached hydrogen (secondary N) is 1. The van der Waals surface area contributed by atoms with Crippen LogP contribution < -0.4 is 11.1 Å². The smallest absolute Gasteiger partial charge is 0.0161 e. The predicted octanol–water partition coefficient (Wildman–Crippen LogP) is 1.50. The molecule has 0 spiro atoms. The molecule has 1 aliphatic carbocycles. The molecule has 0 radical (unpaired) electrons. The molecule has 12 heavy (non-hydrogen) atoms. The van der Waals surface area contributed by atoms with Gasteiger partial charge in [0, 0.05) is 12.6 Å². The van der Waals surface area contributed by atoms with Gasteiger partial charge in [-0.05, 0) is 25.8 Å². The highest BCUT2D eigenvalue weighted by atomic mass is 14.9. The van der Waals surface area contributed by atoms with Crippen LogP contribution in [0.5, 0.6) is 0 Å².